The minimum atomic E-state index is -0.0989. The SMILES string of the molecule is CC(=O)/C=c1/c(=O)c2cccc3cccc1c32. The zero-order chi connectivity index (χ0) is 12.0. The van der Waals surface area contributed by atoms with Gasteiger partial charge in [0.15, 0.2) is 11.2 Å². The third kappa shape index (κ3) is 1.34. The monoisotopic (exact) mass is 222 g/mol. The first kappa shape index (κ1) is 9.97. The average molecular weight is 222 g/mol. The standard InChI is InChI=1S/C15H10O2/c1-9(16)8-13-11-6-2-4-10-5-3-7-12(14(10)11)15(13)17/h2-8H,1H3/b13-8+. The lowest BCUT2D eigenvalue weighted by Gasteiger charge is -1.96. The maximum absolute atomic E-state index is 12.2. The Morgan fingerprint density at radius 2 is 1.71 bits per heavy atom. The molecule has 3 aromatic rings. The summed E-state index contributed by atoms with van der Waals surface area (Å²) in [7, 11) is 0. The lowest BCUT2D eigenvalue weighted by molar-refractivity contribution is -0.111. The van der Waals surface area contributed by atoms with Gasteiger partial charge in [-0.05, 0) is 23.8 Å². The molecule has 0 amide bonds. The Bertz CT molecular complexity index is 826. The molecular weight excluding hydrogens is 212 g/mol. The maximum Gasteiger partial charge on any atom is 0.194 e. The van der Waals surface area contributed by atoms with E-state index in [1.807, 2.05) is 36.4 Å². The molecule has 82 valence electrons. The highest BCUT2D eigenvalue weighted by Gasteiger charge is 2.10. The average Bonchev–Trinajstić information content (AvgIpc) is 2.57. The van der Waals surface area contributed by atoms with Crippen LogP contribution in [0.4, 0.5) is 0 Å². The van der Waals surface area contributed by atoms with Crippen LogP contribution in [0.25, 0.3) is 27.6 Å². The van der Waals surface area contributed by atoms with Gasteiger partial charge in [0.2, 0.25) is 0 Å². The van der Waals surface area contributed by atoms with Crippen LogP contribution in [-0.2, 0) is 4.79 Å². The van der Waals surface area contributed by atoms with Crippen LogP contribution in [0.2, 0.25) is 0 Å². The molecule has 0 saturated heterocycles. The fourth-order valence-corrected chi connectivity index (χ4v) is 2.37. The van der Waals surface area contributed by atoms with E-state index in [-0.39, 0.29) is 11.2 Å². The van der Waals surface area contributed by atoms with Gasteiger partial charge in [0, 0.05) is 16.0 Å². The van der Waals surface area contributed by atoms with Crippen molar-refractivity contribution >= 4 is 33.4 Å². The van der Waals surface area contributed by atoms with Gasteiger partial charge in [0.05, 0.1) is 0 Å². The van der Waals surface area contributed by atoms with Crippen molar-refractivity contribution in [2.75, 3.05) is 0 Å². The van der Waals surface area contributed by atoms with Gasteiger partial charge in [-0.2, -0.15) is 0 Å². The van der Waals surface area contributed by atoms with Crippen LogP contribution in [-0.4, -0.2) is 5.78 Å². The van der Waals surface area contributed by atoms with E-state index in [2.05, 4.69) is 0 Å². The van der Waals surface area contributed by atoms with Crippen molar-refractivity contribution in [1.82, 2.24) is 0 Å². The summed E-state index contributed by atoms with van der Waals surface area (Å²) in [5.41, 5.74) is -0.0491. The molecule has 0 N–H and O–H groups in total. The van der Waals surface area contributed by atoms with Gasteiger partial charge >= 0.3 is 0 Å². The summed E-state index contributed by atoms with van der Waals surface area (Å²) in [6.07, 6.45) is 1.43. The topological polar surface area (TPSA) is 34.1 Å². The highest BCUT2D eigenvalue weighted by atomic mass is 16.1. The van der Waals surface area contributed by atoms with Crippen molar-refractivity contribution in [2.45, 2.75) is 6.92 Å². The Morgan fingerprint density at radius 1 is 1.06 bits per heavy atom. The summed E-state index contributed by atoms with van der Waals surface area (Å²) in [6, 6.07) is 11.4. The third-order valence-corrected chi connectivity index (χ3v) is 3.03. The second kappa shape index (κ2) is 3.39. The Labute approximate surface area is 97.5 Å². The predicted octanol–water partition coefficient (Wildman–Crippen LogP) is 1.88. The van der Waals surface area contributed by atoms with E-state index in [1.54, 1.807) is 0 Å². The molecule has 0 spiro atoms. The second-order valence-electron chi connectivity index (χ2n) is 4.21. The van der Waals surface area contributed by atoms with Gasteiger partial charge in [0.1, 0.15) is 0 Å². The number of ketones is 1. The first-order valence-corrected chi connectivity index (χ1v) is 5.47. The molecule has 0 aliphatic rings. The van der Waals surface area contributed by atoms with E-state index in [9.17, 15) is 9.59 Å². The molecule has 2 heteroatoms. The molecule has 0 heterocycles. The fraction of sp³-hybridized carbons (Fsp3) is 0.0667. The first-order chi connectivity index (χ1) is 8.18. The quantitative estimate of drug-likeness (QED) is 0.630. The van der Waals surface area contributed by atoms with Gasteiger partial charge < -0.3 is 0 Å². The number of hydrogen-bond donors (Lipinski definition) is 0. The van der Waals surface area contributed by atoms with Crippen molar-refractivity contribution < 1.29 is 4.79 Å². The summed E-state index contributed by atoms with van der Waals surface area (Å²) in [6.45, 7) is 1.46. The molecule has 3 aromatic carbocycles. The first-order valence-electron chi connectivity index (χ1n) is 5.47. The Hall–Kier alpha value is -2.22. The zero-order valence-electron chi connectivity index (χ0n) is 9.36. The van der Waals surface area contributed by atoms with E-state index >= 15 is 0 Å². The van der Waals surface area contributed by atoms with Crippen LogP contribution < -0.4 is 10.6 Å². The molecule has 3 rings (SSSR count). The molecular formula is C15H10O2. The minimum Gasteiger partial charge on any atom is -0.295 e. The Balaban J connectivity index is 2.71. The highest BCUT2D eigenvalue weighted by molar-refractivity contribution is 6.14. The van der Waals surface area contributed by atoms with Crippen molar-refractivity contribution in [3.63, 3.8) is 0 Å². The Morgan fingerprint density at radius 3 is 2.35 bits per heavy atom. The number of Topliss-reactive ketones (excluding diaryl/α,β-unsaturated/α-hetero) is 1. The molecule has 0 aliphatic carbocycles. The Kier molecular flexibility index (Phi) is 1.99. The summed E-state index contributed by atoms with van der Waals surface area (Å²) < 4.78 is 0. The van der Waals surface area contributed by atoms with E-state index in [0.29, 0.717) is 10.6 Å². The van der Waals surface area contributed by atoms with Gasteiger partial charge in [0.25, 0.3) is 0 Å². The molecule has 0 fully saturated rings. The summed E-state index contributed by atoms with van der Waals surface area (Å²) in [5, 5.41) is 4.10. The van der Waals surface area contributed by atoms with Crippen molar-refractivity contribution in [3.05, 3.63) is 51.8 Å². The van der Waals surface area contributed by atoms with Crippen LogP contribution >= 0.6 is 0 Å². The maximum atomic E-state index is 12.2. The second-order valence-corrected chi connectivity index (χ2v) is 4.21. The van der Waals surface area contributed by atoms with Gasteiger partial charge in [-0.3, -0.25) is 9.59 Å². The minimum absolute atomic E-state index is 0.0491. The predicted molar refractivity (Wildman–Crippen MR) is 69.3 cm³/mol. The van der Waals surface area contributed by atoms with E-state index < -0.39 is 0 Å². The summed E-state index contributed by atoms with van der Waals surface area (Å²) in [5.74, 6) is -0.0989. The number of benzene rings is 2. The van der Waals surface area contributed by atoms with Crippen molar-refractivity contribution in [1.29, 1.82) is 0 Å². The molecule has 0 radical (unpaired) electrons. The van der Waals surface area contributed by atoms with E-state index in [1.165, 1.54) is 13.0 Å². The lowest BCUT2D eigenvalue weighted by atomic mass is 10.1. The van der Waals surface area contributed by atoms with Crippen LogP contribution in [0, 0.1) is 0 Å². The number of rotatable bonds is 1. The lowest BCUT2D eigenvalue weighted by Crippen LogP contribution is -2.20. The number of carbonyl (C=O) groups is 1. The fourth-order valence-electron chi connectivity index (χ4n) is 2.37. The van der Waals surface area contributed by atoms with Crippen molar-refractivity contribution in [2.24, 2.45) is 0 Å². The van der Waals surface area contributed by atoms with Gasteiger partial charge in [-0.15, -0.1) is 0 Å². The van der Waals surface area contributed by atoms with Gasteiger partial charge in [-0.25, -0.2) is 0 Å². The van der Waals surface area contributed by atoms with Gasteiger partial charge in [-0.1, -0.05) is 36.4 Å². The normalized spacial score (nSPS) is 12.6. The number of carbonyl (C=O) groups excluding carboxylic acids is 1. The molecule has 0 bridgehead atoms. The molecule has 2 nitrogen and oxygen atoms in total. The van der Waals surface area contributed by atoms with Crippen LogP contribution in [0.3, 0.4) is 0 Å². The molecule has 0 atom stereocenters. The molecule has 0 saturated carbocycles. The number of hydrogen-bond acceptors (Lipinski definition) is 2. The van der Waals surface area contributed by atoms with Crippen molar-refractivity contribution in [3.8, 4) is 0 Å². The highest BCUT2D eigenvalue weighted by Crippen LogP contribution is 2.22. The van der Waals surface area contributed by atoms with E-state index in [0.717, 1.165) is 16.2 Å². The van der Waals surface area contributed by atoms with Crippen LogP contribution in [0.15, 0.2) is 41.2 Å². The van der Waals surface area contributed by atoms with Crippen LogP contribution in [0.1, 0.15) is 6.92 Å². The molecule has 0 aromatic heterocycles. The molecule has 0 unspecified atom stereocenters. The summed E-state index contributed by atoms with van der Waals surface area (Å²) >= 11 is 0. The largest absolute Gasteiger partial charge is 0.295 e. The third-order valence-electron chi connectivity index (χ3n) is 3.03. The zero-order valence-corrected chi connectivity index (χ0v) is 9.36. The molecule has 17 heavy (non-hydrogen) atoms. The smallest absolute Gasteiger partial charge is 0.194 e. The van der Waals surface area contributed by atoms with Crippen LogP contribution in [0.5, 0.6) is 0 Å². The molecule has 0 aliphatic heterocycles. The van der Waals surface area contributed by atoms with E-state index in [4.69, 9.17) is 0 Å². The summed E-state index contributed by atoms with van der Waals surface area (Å²) in [4.78, 5) is 23.4.